The Morgan fingerprint density at radius 3 is 2.49 bits per heavy atom. The third kappa shape index (κ3) is 12.2. The Kier molecular flexibility index (Phi) is 14.4. The third-order valence-corrected chi connectivity index (χ3v) is 9.19. The first-order valence-corrected chi connectivity index (χ1v) is 17.1. The van der Waals surface area contributed by atoms with E-state index in [4.69, 9.17) is 18.9 Å². The van der Waals surface area contributed by atoms with E-state index in [2.05, 4.69) is 37.4 Å². The second kappa shape index (κ2) is 18.4. The van der Waals surface area contributed by atoms with Crippen LogP contribution < -0.4 is 5.32 Å². The first-order chi connectivity index (χ1) is 21.8. The predicted molar refractivity (Wildman–Crippen MR) is 173 cm³/mol. The highest BCUT2D eigenvalue weighted by Crippen LogP contribution is 2.33. The molecule has 9 nitrogen and oxygen atoms in total. The van der Waals surface area contributed by atoms with E-state index in [1.54, 1.807) is 6.08 Å². The van der Waals surface area contributed by atoms with Crippen LogP contribution >= 0.6 is 0 Å². The van der Waals surface area contributed by atoms with Crippen LogP contribution in [-0.4, -0.2) is 86.6 Å². The van der Waals surface area contributed by atoms with Crippen molar-refractivity contribution in [1.29, 1.82) is 0 Å². The van der Waals surface area contributed by atoms with Gasteiger partial charge in [-0.1, -0.05) is 49.8 Å². The Morgan fingerprint density at radius 1 is 0.978 bits per heavy atom. The van der Waals surface area contributed by atoms with Gasteiger partial charge in [-0.2, -0.15) is 0 Å². The van der Waals surface area contributed by atoms with E-state index in [0.717, 1.165) is 76.7 Å². The largest absolute Gasteiger partial charge is 0.466 e. The number of esters is 2. The fourth-order valence-corrected chi connectivity index (χ4v) is 6.73. The van der Waals surface area contributed by atoms with Crippen LogP contribution in [0.2, 0.25) is 0 Å². The average Bonchev–Trinajstić information content (AvgIpc) is 3.02. The average molecular weight is 627 g/mol. The van der Waals surface area contributed by atoms with Crippen molar-refractivity contribution in [2.24, 2.45) is 11.8 Å². The van der Waals surface area contributed by atoms with Crippen LogP contribution in [0, 0.1) is 11.8 Å². The minimum Gasteiger partial charge on any atom is -0.466 e. The van der Waals surface area contributed by atoms with Gasteiger partial charge in [-0.05, 0) is 63.4 Å². The number of rotatable bonds is 7. The highest BCUT2D eigenvalue weighted by molar-refractivity contribution is 5.82. The number of unbranched alkanes of at least 4 members (excludes halogenated alkanes) is 1. The number of carbonyl (C=O) groups excluding carboxylic acids is 3. The molecule has 0 aromatic heterocycles. The van der Waals surface area contributed by atoms with E-state index in [9.17, 15) is 14.4 Å². The van der Waals surface area contributed by atoms with Crippen molar-refractivity contribution >= 4 is 17.8 Å². The number of allylic oxidation sites excluding steroid dienone is 4. The smallest absolute Gasteiger partial charge is 0.330 e. The molecular weight excluding hydrogens is 572 g/mol. The van der Waals surface area contributed by atoms with Gasteiger partial charge in [0.1, 0.15) is 6.10 Å². The first kappa shape index (κ1) is 35.1. The van der Waals surface area contributed by atoms with Gasteiger partial charge in [0.2, 0.25) is 5.91 Å². The van der Waals surface area contributed by atoms with Gasteiger partial charge < -0.3 is 29.2 Å². The molecule has 0 saturated carbocycles. The van der Waals surface area contributed by atoms with Gasteiger partial charge in [0.05, 0.1) is 37.9 Å². The summed E-state index contributed by atoms with van der Waals surface area (Å²) >= 11 is 0. The number of methoxy groups -OCH3 is 1. The van der Waals surface area contributed by atoms with Gasteiger partial charge in [-0.3, -0.25) is 9.59 Å². The lowest BCUT2D eigenvalue weighted by molar-refractivity contribution is -0.154. The summed E-state index contributed by atoms with van der Waals surface area (Å²) in [4.78, 5) is 39.7. The van der Waals surface area contributed by atoms with E-state index >= 15 is 0 Å². The van der Waals surface area contributed by atoms with Gasteiger partial charge in [0, 0.05) is 51.0 Å². The van der Waals surface area contributed by atoms with Crippen molar-refractivity contribution in [1.82, 2.24) is 10.2 Å². The highest BCUT2D eigenvalue weighted by atomic mass is 16.6. The molecule has 7 atom stereocenters. The number of nitrogens with zero attached hydrogens (tertiary/aromatic N) is 1. The number of hydrogen-bond donors (Lipinski definition) is 1. The molecule has 4 rings (SSSR count). The summed E-state index contributed by atoms with van der Waals surface area (Å²) in [6.45, 7) is 7.59. The lowest BCUT2D eigenvalue weighted by atomic mass is 9.89. The van der Waals surface area contributed by atoms with Gasteiger partial charge in [0.15, 0.2) is 0 Å². The van der Waals surface area contributed by atoms with E-state index in [1.165, 1.54) is 7.11 Å². The van der Waals surface area contributed by atoms with Crippen molar-refractivity contribution in [3.63, 3.8) is 0 Å². The summed E-state index contributed by atoms with van der Waals surface area (Å²) in [6.07, 6.45) is 21.5. The number of cyclic esters (lactones) is 1. The molecule has 3 fully saturated rings. The fourth-order valence-electron chi connectivity index (χ4n) is 6.73. The predicted octanol–water partition coefficient (Wildman–Crippen LogP) is 5.21. The third-order valence-electron chi connectivity index (χ3n) is 9.19. The minimum atomic E-state index is -0.437. The van der Waals surface area contributed by atoms with Crippen LogP contribution in [0.4, 0.5) is 0 Å². The molecule has 45 heavy (non-hydrogen) atoms. The Labute approximate surface area is 269 Å². The number of hydrogen-bond acceptors (Lipinski definition) is 8. The minimum absolute atomic E-state index is 0.0274. The van der Waals surface area contributed by atoms with Crippen molar-refractivity contribution in [2.45, 2.75) is 115 Å². The first-order valence-electron chi connectivity index (χ1n) is 17.1. The van der Waals surface area contributed by atoms with Crippen molar-refractivity contribution < 1.29 is 33.3 Å². The molecule has 4 aliphatic heterocycles. The Balaban J connectivity index is 1.40. The van der Waals surface area contributed by atoms with E-state index in [0.29, 0.717) is 25.2 Å². The van der Waals surface area contributed by atoms with Gasteiger partial charge in [-0.15, -0.1) is 0 Å². The molecule has 4 heterocycles. The van der Waals surface area contributed by atoms with Crippen LogP contribution in [0.25, 0.3) is 0 Å². The number of carbonyl (C=O) groups is 3. The topological polar surface area (TPSA) is 103 Å². The van der Waals surface area contributed by atoms with Gasteiger partial charge >= 0.3 is 11.9 Å². The van der Waals surface area contributed by atoms with Crippen LogP contribution in [0.3, 0.4) is 0 Å². The summed E-state index contributed by atoms with van der Waals surface area (Å²) in [5.74, 6) is -0.178. The number of nitrogens with one attached hydrogen (secondary N) is 1. The summed E-state index contributed by atoms with van der Waals surface area (Å²) in [5, 5.41) is 3.27. The number of fused-ring (bicyclic) bond motifs is 4. The van der Waals surface area contributed by atoms with E-state index < -0.39 is 6.10 Å². The molecule has 0 spiro atoms. The Hall–Kier alpha value is -2.75. The quantitative estimate of drug-likeness (QED) is 0.135. The molecule has 9 heteroatoms. The second-order valence-corrected chi connectivity index (χ2v) is 13.1. The zero-order chi connectivity index (χ0) is 32.0. The summed E-state index contributed by atoms with van der Waals surface area (Å²) in [5.41, 5.74) is 0.936. The lowest BCUT2D eigenvalue weighted by Crippen LogP contribution is -2.46. The van der Waals surface area contributed by atoms with Crippen molar-refractivity contribution in [3.05, 3.63) is 48.1 Å². The number of ether oxygens (including phenoxy) is 4. The maximum absolute atomic E-state index is 13.3. The SMILES string of the molecule is COC(=O)/C=C1\CC2CC(=O)OC(/C=C/C=C\CCCC(=O)N3CCNCC3)C(C)/C=C/C(C)CC3CCCC(CC(C1)O2)O3. The molecule has 7 unspecified atom stereocenters. The maximum atomic E-state index is 13.3. The molecular formula is C36H54N2O7. The molecule has 1 amide bonds. The molecule has 1 N–H and O–H groups in total. The number of amides is 1. The highest BCUT2D eigenvalue weighted by Gasteiger charge is 2.33. The standard InChI is InChI=1S/C36H54N2O7/c1-26-14-15-27(2)33(12-7-5-4-6-8-13-34(39)38-18-16-37-17-19-38)45-36(41)25-32-22-28(23-35(40)42-3)21-31(44-32)24-30-11-9-10-29(20-26)43-30/h4-5,7,12,14-15,23,26-27,29-33,37H,6,8-11,13,16-22,24-25H2,1-3H3/b5-4-,12-7+,15-14+,28-23-. The van der Waals surface area contributed by atoms with E-state index in [-0.39, 0.29) is 54.6 Å². The summed E-state index contributed by atoms with van der Waals surface area (Å²) < 4.78 is 23.9. The zero-order valence-corrected chi connectivity index (χ0v) is 27.5. The molecule has 0 aromatic carbocycles. The fraction of sp³-hybridized carbons (Fsp3) is 0.694. The van der Waals surface area contributed by atoms with Crippen LogP contribution in [0.15, 0.2) is 48.1 Å². The molecule has 4 aliphatic rings. The molecule has 0 aliphatic carbocycles. The van der Waals surface area contributed by atoms with Gasteiger partial charge in [0.25, 0.3) is 0 Å². The van der Waals surface area contributed by atoms with Crippen LogP contribution in [0.1, 0.15) is 84.5 Å². The molecule has 0 radical (unpaired) electrons. The lowest BCUT2D eigenvalue weighted by Gasteiger charge is -2.37. The van der Waals surface area contributed by atoms with Crippen molar-refractivity contribution in [2.75, 3.05) is 33.3 Å². The summed E-state index contributed by atoms with van der Waals surface area (Å²) in [7, 11) is 1.38. The molecule has 0 aromatic rings. The number of piperazine rings is 1. The van der Waals surface area contributed by atoms with Crippen molar-refractivity contribution in [3.8, 4) is 0 Å². The monoisotopic (exact) mass is 626 g/mol. The second-order valence-electron chi connectivity index (χ2n) is 13.1. The Bertz CT molecular complexity index is 1090. The van der Waals surface area contributed by atoms with Crippen LogP contribution in [-0.2, 0) is 33.3 Å². The van der Waals surface area contributed by atoms with E-state index in [1.807, 2.05) is 23.1 Å². The van der Waals surface area contributed by atoms with Crippen LogP contribution in [0.5, 0.6) is 0 Å². The molecule has 3 saturated heterocycles. The van der Waals surface area contributed by atoms with Gasteiger partial charge in [-0.25, -0.2) is 4.79 Å². The zero-order valence-electron chi connectivity index (χ0n) is 27.5. The normalized spacial score (nSPS) is 33.7. The summed E-state index contributed by atoms with van der Waals surface area (Å²) in [6, 6.07) is 0. The molecule has 4 bridgehead atoms. The molecule has 250 valence electrons. The Morgan fingerprint density at radius 2 is 1.71 bits per heavy atom. The maximum Gasteiger partial charge on any atom is 0.330 e.